The maximum Gasteiger partial charge on any atom is 0.220 e. The van der Waals surface area contributed by atoms with Gasteiger partial charge in [0, 0.05) is 48.2 Å². The molecule has 2 aromatic heterocycles. The van der Waals surface area contributed by atoms with Crippen molar-refractivity contribution in [1.29, 1.82) is 0 Å². The average molecular weight is 356 g/mol. The molecule has 0 saturated carbocycles. The van der Waals surface area contributed by atoms with Gasteiger partial charge in [-0.25, -0.2) is 9.97 Å². The zero-order valence-electron chi connectivity index (χ0n) is 16.2. The van der Waals surface area contributed by atoms with Gasteiger partial charge in [0.15, 0.2) is 0 Å². The van der Waals surface area contributed by atoms with Crippen molar-refractivity contribution >= 4 is 5.91 Å². The fourth-order valence-corrected chi connectivity index (χ4v) is 3.69. The second-order valence-corrected chi connectivity index (χ2v) is 7.33. The van der Waals surface area contributed by atoms with E-state index in [2.05, 4.69) is 46.5 Å². The van der Waals surface area contributed by atoms with Crippen LogP contribution in [0.25, 0.3) is 0 Å². The Balaban J connectivity index is 1.84. The van der Waals surface area contributed by atoms with Crippen molar-refractivity contribution in [3.8, 4) is 0 Å². The number of aryl methyl sites for hydroxylation is 2. The van der Waals surface area contributed by atoms with E-state index in [1.807, 2.05) is 30.8 Å². The predicted octanol–water partition coefficient (Wildman–Crippen LogP) is 2.54. The molecule has 1 amide bonds. The average Bonchev–Trinajstić information content (AvgIpc) is 3.06. The van der Waals surface area contributed by atoms with Crippen LogP contribution in [0.4, 0.5) is 0 Å². The first-order chi connectivity index (χ1) is 12.4. The van der Waals surface area contributed by atoms with E-state index in [0.29, 0.717) is 6.42 Å². The molecule has 140 valence electrons. The van der Waals surface area contributed by atoms with Crippen LogP contribution in [0, 0.1) is 13.8 Å². The lowest BCUT2D eigenvalue weighted by Crippen LogP contribution is -2.49. The summed E-state index contributed by atoms with van der Waals surface area (Å²) in [6.07, 6.45) is 5.01. The van der Waals surface area contributed by atoms with Gasteiger partial charge < -0.3 is 10.6 Å². The maximum absolute atomic E-state index is 12.1. The van der Waals surface area contributed by atoms with Gasteiger partial charge in [-0.2, -0.15) is 5.10 Å². The number of nitrogens with zero attached hydrogens (tertiary/aromatic N) is 4. The molecule has 7 nitrogen and oxygen atoms in total. The minimum absolute atomic E-state index is 0.0899. The summed E-state index contributed by atoms with van der Waals surface area (Å²) in [6.45, 7) is 10.2. The highest BCUT2D eigenvalue weighted by molar-refractivity contribution is 5.77. The highest BCUT2D eigenvalue weighted by Crippen LogP contribution is 2.28. The van der Waals surface area contributed by atoms with Crippen LogP contribution in [0.3, 0.4) is 0 Å². The number of hydrogen-bond donors (Lipinski definition) is 2. The number of carbonyl (C=O) groups is 1. The van der Waals surface area contributed by atoms with Crippen LogP contribution in [0.1, 0.15) is 74.5 Å². The zero-order valence-corrected chi connectivity index (χ0v) is 16.2. The normalized spacial score (nSPS) is 21.7. The van der Waals surface area contributed by atoms with Crippen LogP contribution in [0.5, 0.6) is 0 Å². The first-order valence-electron chi connectivity index (χ1n) is 9.25. The van der Waals surface area contributed by atoms with Crippen LogP contribution < -0.4 is 10.6 Å². The number of hydrogen-bond acceptors (Lipinski definition) is 5. The molecule has 0 radical (unpaired) electrons. The molecule has 3 rings (SSSR count). The highest BCUT2D eigenvalue weighted by atomic mass is 16.1. The number of piperidine rings is 1. The lowest BCUT2D eigenvalue weighted by atomic mass is 9.93. The molecule has 7 heteroatoms. The van der Waals surface area contributed by atoms with Gasteiger partial charge in [-0.05, 0) is 47.1 Å². The van der Waals surface area contributed by atoms with Gasteiger partial charge in [0.2, 0.25) is 5.91 Å². The Bertz CT molecular complexity index is 784. The molecular weight excluding hydrogens is 328 g/mol. The summed E-state index contributed by atoms with van der Waals surface area (Å²) in [5.41, 5.74) is 3.11. The van der Waals surface area contributed by atoms with E-state index in [0.717, 1.165) is 29.2 Å². The Morgan fingerprint density at radius 2 is 2.08 bits per heavy atom. The second kappa shape index (κ2) is 7.53. The molecule has 3 heterocycles. The largest absolute Gasteiger partial charge is 0.346 e. The van der Waals surface area contributed by atoms with Crippen molar-refractivity contribution in [2.24, 2.45) is 0 Å². The van der Waals surface area contributed by atoms with Gasteiger partial charge in [0.25, 0.3) is 0 Å². The van der Waals surface area contributed by atoms with E-state index in [1.54, 1.807) is 6.20 Å². The summed E-state index contributed by atoms with van der Waals surface area (Å²) in [5, 5.41) is 11.3. The molecule has 3 atom stereocenters. The maximum atomic E-state index is 12.1. The van der Waals surface area contributed by atoms with E-state index in [1.165, 1.54) is 0 Å². The molecule has 0 spiro atoms. The predicted molar refractivity (Wildman–Crippen MR) is 99.6 cm³/mol. The van der Waals surface area contributed by atoms with E-state index in [4.69, 9.17) is 0 Å². The van der Waals surface area contributed by atoms with Crippen LogP contribution in [-0.2, 0) is 4.79 Å². The Morgan fingerprint density at radius 3 is 2.77 bits per heavy atom. The lowest BCUT2D eigenvalue weighted by Gasteiger charge is -2.35. The van der Waals surface area contributed by atoms with Crippen molar-refractivity contribution in [3.05, 3.63) is 41.2 Å². The van der Waals surface area contributed by atoms with E-state index < -0.39 is 0 Å². The Kier molecular flexibility index (Phi) is 5.36. The highest BCUT2D eigenvalue weighted by Gasteiger charge is 2.33. The molecule has 26 heavy (non-hydrogen) atoms. The number of carbonyl (C=O) groups excluding carboxylic acids is 1. The molecule has 1 saturated heterocycles. The van der Waals surface area contributed by atoms with Crippen molar-refractivity contribution in [2.45, 2.75) is 71.6 Å². The van der Waals surface area contributed by atoms with Crippen molar-refractivity contribution in [2.75, 3.05) is 0 Å². The third kappa shape index (κ3) is 3.77. The first kappa shape index (κ1) is 18.5. The van der Waals surface area contributed by atoms with Gasteiger partial charge in [-0.3, -0.25) is 9.48 Å². The SMILES string of the molecule is Cc1ncc(C(C)N[C@@H]2CCC(=O)N[C@H]2c2ccnn2C(C)C)c(C)n1. The summed E-state index contributed by atoms with van der Waals surface area (Å²) in [6, 6.07) is 2.35. The summed E-state index contributed by atoms with van der Waals surface area (Å²) in [7, 11) is 0. The summed E-state index contributed by atoms with van der Waals surface area (Å²) in [5.74, 6) is 0.870. The van der Waals surface area contributed by atoms with Crippen LogP contribution in [-0.4, -0.2) is 31.7 Å². The number of aromatic nitrogens is 4. The standard InChI is InChI=1S/C19H28N6O/c1-11(2)25-17(8-9-21-25)19-16(6-7-18(26)24-19)23-13(4)15-10-20-14(5)22-12(15)3/h8-11,13,16,19,23H,6-7H2,1-5H3,(H,24,26)/t13?,16-,19-/m1/s1. The molecule has 0 aromatic carbocycles. The molecule has 1 fully saturated rings. The summed E-state index contributed by atoms with van der Waals surface area (Å²) < 4.78 is 1.98. The first-order valence-corrected chi connectivity index (χ1v) is 9.25. The molecule has 0 aliphatic carbocycles. The van der Waals surface area contributed by atoms with Gasteiger partial charge in [-0.1, -0.05) is 0 Å². The van der Waals surface area contributed by atoms with Gasteiger partial charge in [0.1, 0.15) is 5.82 Å². The number of amides is 1. The minimum atomic E-state index is -0.102. The molecule has 2 aromatic rings. The molecule has 2 N–H and O–H groups in total. The monoisotopic (exact) mass is 356 g/mol. The third-order valence-electron chi connectivity index (χ3n) is 4.98. The lowest BCUT2D eigenvalue weighted by molar-refractivity contribution is -0.124. The Morgan fingerprint density at radius 1 is 1.31 bits per heavy atom. The van der Waals surface area contributed by atoms with Crippen molar-refractivity contribution < 1.29 is 4.79 Å². The van der Waals surface area contributed by atoms with Gasteiger partial charge >= 0.3 is 0 Å². The van der Waals surface area contributed by atoms with E-state index in [-0.39, 0.29) is 30.1 Å². The Labute approximate surface area is 154 Å². The van der Waals surface area contributed by atoms with Crippen LogP contribution in [0.2, 0.25) is 0 Å². The van der Waals surface area contributed by atoms with Gasteiger partial charge in [0.05, 0.1) is 11.7 Å². The fourth-order valence-electron chi connectivity index (χ4n) is 3.69. The number of nitrogens with one attached hydrogen (secondary N) is 2. The molecule has 1 aliphatic heterocycles. The summed E-state index contributed by atoms with van der Waals surface area (Å²) in [4.78, 5) is 20.9. The molecule has 1 unspecified atom stereocenters. The van der Waals surface area contributed by atoms with Gasteiger partial charge in [-0.15, -0.1) is 0 Å². The summed E-state index contributed by atoms with van der Waals surface area (Å²) >= 11 is 0. The smallest absolute Gasteiger partial charge is 0.220 e. The molecule has 1 aliphatic rings. The number of rotatable bonds is 5. The van der Waals surface area contributed by atoms with E-state index in [9.17, 15) is 4.79 Å². The van der Waals surface area contributed by atoms with E-state index >= 15 is 0 Å². The fraction of sp³-hybridized carbons (Fsp3) is 0.579. The van der Waals surface area contributed by atoms with Crippen molar-refractivity contribution in [1.82, 2.24) is 30.4 Å². The minimum Gasteiger partial charge on any atom is -0.346 e. The van der Waals surface area contributed by atoms with Crippen LogP contribution >= 0.6 is 0 Å². The third-order valence-corrected chi connectivity index (χ3v) is 4.98. The van der Waals surface area contributed by atoms with Crippen LogP contribution in [0.15, 0.2) is 18.5 Å². The second-order valence-electron chi connectivity index (χ2n) is 7.33. The quantitative estimate of drug-likeness (QED) is 0.860. The Hall–Kier alpha value is -2.28. The molecule has 0 bridgehead atoms. The topological polar surface area (TPSA) is 84.7 Å². The zero-order chi connectivity index (χ0) is 18.8. The molecular formula is C19H28N6O. The van der Waals surface area contributed by atoms with Crippen molar-refractivity contribution in [3.63, 3.8) is 0 Å².